The SMILES string of the molecule is CC(C)C(=O)N1CCC2(CC1)N(C)C(=O)CS2(=O)=O. The van der Waals surface area contributed by atoms with Crippen LogP contribution in [0.4, 0.5) is 0 Å². The predicted octanol–water partition coefficient (Wildman–Crippen LogP) is -0.152. The van der Waals surface area contributed by atoms with Crippen molar-refractivity contribution in [2.75, 3.05) is 25.9 Å². The summed E-state index contributed by atoms with van der Waals surface area (Å²) in [5.41, 5.74) is 0. The van der Waals surface area contributed by atoms with Gasteiger partial charge < -0.3 is 9.80 Å². The molecular formula is C12H20N2O4S. The van der Waals surface area contributed by atoms with Crippen molar-refractivity contribution in [2.24, 2.45) is 5.92 Å². The van der Waals surface area contributed by atoms with Crippen LogP contribution in [-0.2, 0) is 19.4 Å². The van der Waals surface area contributed by atoms with Crippen molar-refractivity contribution in [3.63, 3.8) is 0 Å². The first kappa shape index (κ1) is 14.3. The molecule has 2 fully saturated rings. The monoisotopic (exact) mass is 288 g/mol. The van der Waals surface area contributed by atoms with Gasteiger partial charge in [-0.25, -0.2) is 8.42 Å². The van der Waals surface area contributed by atoms with Gasteiger partial charge in [0.25, 0.3) is 0 Å². The molecule has 0 atom stereocenters. The van der Waals surface area contributed by atoms with Gasteiger partial charge in [0.15, 0.2) is 9.84 Å². The Morgan fingerprint density at radius 2 is 1.79 bits per heavy atom. The minimum Gasteiger partial charge on any atom is -0.342 e. The fraction of sp³-hybridized carbons (Fsp3) is 0.833. The molecule has 19 heavy (non-hydrogen) atoms. The van der Waals surface area contributed by atoms with E-state index in [1.807, 2.05) is 13.8 Å². The zero-order valence-corrected chi connectivity index (χ0v) is 12.4. The quantitative estimate of drug-likeness (QED) is 0.672. The van der Waals surface area contributed by atoms with E-state index in [0.29, 0.717) is 25.9 Å². The van der Waals surface area contributed by atoms with E-state index in [9.17, 15) is 18.0 Å². The Morgan fingerprint density at radius 1 is 1.26 bits per heavy atom. The lowest BCUT2D eigenvalue weighted by Gasteiger charge is -2.42. The lowest BCUT2D eigenvalue weighted by molar-refractivity contribution is -0.137. The second-order valence-electron chi connectivity index (χ2n) is 5.64. The van der Waals surface area contributed by atoms with Gasteiger partial charge in [0, 0.05) is 38.9 Å². The molecule has 0 aromatic heterocycles. The molecule has 2 aliphatic rings. The Balaban J connectivity index is 2.19. The molecule has 108 valence electrons. The van der Waals surface area contributed by atoms with Gasteiger partial charge in [0.2, 0.25) is 11.8 Å². The lowest BCUT2D eigenvalue weighted by Crippen LogP contribution is -2.56. The van der Waals surface area contributed by atoms with E-state index in [-0.39, 0.29) is 17.7 Å². The summed E-state index contributed by atoms with van der Waals surface area (Å²) in [7, 11) is -1.89. The Labute approximate surface area is 113 Å². The van der Waals surface area contributed by atoms with Crippen molar-refractivity contribution >= 4 is 21.7 Å². The summed E-state index contributed by atoms with van der Waals surface area (Å²) in [5.74, 6) is -0.793. The first-order valence-electron chi connectivity index (χ1n) is 6.49. The van der Waals surface area contributed by atoms with Gasteiger partial charge in [0.1, 0.15) is 10.6 Å². The van der Waals surface area contributed by atoms with E-state index in [2.05, 4.69) is 0 Å². The number of sulfone groups is 1. The van der Waals surface area contributed by atoms with Crippen molar-refractivity contribution in [1.82, 2.24) is 9.80 Å². The zero-order valence-electron chi connectivity index (χ0n) is 11.5. The number of nitrogens with zero attached hydrogens (tertiary/aromatic N) is 2. The van der Waals surface area contributed by atoms with Gasteiger partial charge in [-0.2, -0.15) is 0 Å². The topological polar surface area (TPSA) is 74.8 Å². The van der Waals surface area contributed by atoms with Gasteiger partial charge in [-0.1, -0.05) is 13.8 Å². The molecule has 0 unspecified atom stereocenters. The molecular weight excluding hydrogens is 268 g/mol. The summed E-state index contributed by atoms with van der Waals surface area (Å²) in [4.78, 5) is 25.5. The van der Waals surface area contributed by atoms with Crippen LogP contribution in [0.15, 0.2) is 0 Å². The molecule has 0 bridgehead atoms. The minimum atomic E-state index is -3.44. The molecule has 2 aliphatic heterocycles. The van der Waals surface area contributed by atoms with Crippen molar-refractivity contribution < 1.29 is 18.0 Å². The average Bonchev–Trinajstić information content (AvgIpc) is 2.50. The van der Waals surface area contributed by atoms with E-state index in [1.165, 1.54) is 4.90 Å². The molecule has 0 aromatic carbocycles. The van der Waals surface area contributed by atoms with E-state index >= 15 is 0 Å². The van der Waals surface area contributed by atoms with Gasteiger partial charge in [-0.05, 0) is 0 Å². The highest BCUT2D eigenvalue weighted by Gasteiger charge is 2.57. The lowest BCUT2D eigenvalue weighted by atomic mass is 10.0. The fourth-order valence-corrected chi connectivity index (χ4v) is 5.03. The predicted molar refractivity (Wildman–Crippen MR) is 69.9 cm³/mol. The molecule has 6 nitrogen and oxygen atoms in total. The molecule has 0 saturated carbocycles. The zero-order chi connectivity index (χ0) is 14.4. The van der Waals surface area contributed by atoms with Crippen LogP contribution < -0.4 is 0 Å². The van der Waals surface area contributed by atoms with Crippen molar-refractivity contribution in [2.45, 2.75) is 31.6 Å². The third kappa shape index (κ3) is 2.04. The van der Waals surface area contributed by atoms with Gasteiger partial charge >= 0.3 is 0 Å². The third-order valence-corrected chi connectivity index (χ3v) is 6.70. The smallest absolute Gasteiger partial charge is 0.238 e. The summed E-state index contributed by atoms with van der Waals surface area (Å²) < 4.78 is 24.4. The molecule has 2 heterocycles. The largest absolute Gasteiger partial charge is 0.342 e. The van der Waals surface area contributed by atoms with Crippen LogP contribution in [0.3, 0.4) is 0 Å². The first-order chi connectivity index (χ1) is 8.71. The van der Waals surface area contributed by atoms with Crippen LogP contribution in [0.5, 0.6) is 0 Å². The molecule has 0 aliphatic carbocycles. The Bertz CT molecular complexity index is 504. The summed E-state index contributed by atoms with van der Waals surface area (Å²) >= 11 is 0. The van der Waals surface area contributed by atoms with Crippen molar-refractivity contribution in [3.8, 4) is 0 Å². The van der Waals surface area contributed by atoms with Gasteiger partial charge in [-0.3, -0.25) is 9.59 Å². The van der Waals surface area contributed by atoms with Crippen molar-refractivity contribution in [1.29, 1.82) is 0 Å². The number of hydrogen-bond donors (Lipinski definition) is 0. The molecule has 2 amide bonds. The number of hydrogen-bond acceptors (Lipinski definition) is 4. The molecule has 0 radical (unpaired) electrons. The highest BCUT2D eigenvalue weighted by molar-refractivity contribution is 7.93. The highest BCUT2D eigenvalue weighted by atomic mass is 32.2. The number of carbonyl (C=O) groups is 2. The van der Waals surface area contributed by atoms with Crippen LogP contribution in [0.2, 0.25) is 0 Å². The number of amides is 2. The normalized spacial score (nSPS) is 25.4. The summed E-state index contributed by atoms with van der Waals surface area (Å²) in [6.07, 6.45) is 0.631. The van der Waals surface area contributed by atoms with Crippen LogP contribution in [0.25, 0.3) is 0 Å². The first-order valence-corrected chi connectivity index (χ1v) is 8.14. The summed E-state index contributed by atoms with van der Waals surface area (Å²) in [5, 5.41) is 0. The maximum Gasteiger partial charge on any atom is 0.238 e. The van der Waals surface area contributed by atoms with Gasteiger partial charge in [0.05, 0.1) is 0 Å². The van der Waals surface area contributed by atoms with E-state index in [4.69, 9.17) is 0 Å². The molecule has 0 aromatic rings. The van der Waals surface area contributed by atoms with Crippen LogP contribution in [0, 0.1) is 5.92 Å². The third-order valence-electron chi connectivity index (χ3n) is 4.23. The number of rotatable bonds is 1. The summed E-state index contributed by atoms with van der Waals surface area (Å²) in [6, 6.07) is 0. The Morgan fingerprint density at radius 3 is 2.16 bits per heavy atom. The molecule has 7 heteroatoms. The Hall–Kier alpha value is -1.11. The van der Waals surface area contributed by atoms with Gasteiger partial charge in [-0.15, -0.1) is 0 Å². The molecule has 2 saturated heterocycles. The second kappa shape index (κ2) is 4.47. The fourth-order valence-electron chi connectivity index (χ4n) is 2.92. The Kier molecular flexibility index (Phi) is 3.36. The van der Waals surface area contributed by atoms with E-state index in [0.717, 1.165) is 0 Å². The second-order valence-corrected chi connectivity index (χ2v) is 7.92. The van der Waals surface area contributed by atoms with E-state index in [1.54, 1.807) is 11.9 Å². The van der Waals surface area contributed by atoms with Crippen LogP contribution in [0.1, 0.15) is 26.7 Å². The standard InChI is InChI=1S/C12H20N2O4S/c1-9(2)11(16)14-6-4-12(5-7-14)13(3)10(15)8-19(12,17)18/h9H,4-8H2,1-3H3. The molecule has 1 spiro atoms. The highest BCUT2D eigenvalue weighted by Crippen LogP contribution is 2.38. The summed E-state index contributed by atoms with van der Waals surface area (Å²) in [6.45, 7) is 4.45. The minimum absolute atomic E-state index is 0.0409. The van der Waals surface area contributed by atoms with Crippen molar-refractivity contribution in [3.05, 3.63) is 0 Å². The molecule has 0 N–H and O–H groups in total. The molecule has 2 rings (SSSR count). The maximum absolute atomic E-state index is 12.2. The number of likely N-dealkylation sites (tertiary alicyclic amines) is 1. The average molecular weight is 288 g/mol. The van der Waals surface area contributed by atoms with Crippen LogP contribution >= 0.6 is 0 Å². The van der Waals surface area contributed by atoms with Crippen LogP contribution in [-0.4, -0.2) is 60.8 Å². The number of carbonyl (C=O) groups excluding carboxylic acids is 2. The number of piperidine rings is 1. The maximum atomic E-state index is 12.2. The van der Waals surface area contributed by atoms with E-state index < -0.39 is 20.5 Å².